The summed E-state index contributed by atoms with van der Waals surface area (Å²) < 4.78 is 5.78. The number of rotatable bonds is 3. The molecule has 3 rings (SSSR count). The molecule has 1 aromatic carbocycles. The van der Waals surface area contributed by atoms with E-state index in [2.05, 4.69) is 10.3 Å². The van der Waals surface area contributed by atoms with Gasteiger partial charge < -0.3 is 15.0 Å². The smallest absolute Gasteiger partial charge is 0.280 e. The molecule has 0 radical (unpaired) electrons. The molecule has 0 bridgehead atoms. The van der Waals surface area contributed by atoms with Gasteiger partial charge in [0, 0.05) is 13.2 Å². The zero-order chi connectivity index (χ0) is 17.3. The quantitative estimate of drug-likeness (QED) is 0.874. The molecule has 2 heterocycles. The number of ether oxygens (including phenoxy) is 1. The molecule has 1 aromatic heterocycles. The van der Waals surface area contributed by atoms with E-state index in [4.69, 9.17) is 4.74 Å². The highest BCUT2D eigenvalue weighted by atomic mass is 16.5. The number of carbonyl (C=O) groups excluding carboxylic acids is 2. The first-order chi connectivity index (χ1) is 11.4. The van der Waals surface area contributed by atoms with Gasteiger partial charge in [0.15, 0.2) is 0 Å². The molecule has 1 aliphatic heterocycles. The van der Waals surface area contributed by atoms with E-state index >= 15 is 0 Å². The van der Waals surface area contributed by atoms with Crippen LogP contribution in [0.5, 0.6) is 5.75 Å². The first kappa shape index (κ1) is 16.0. The Labute approximate surface area is 140 Å². The number of amides is 2. The predicted molar refractivity (Wildman–Crippen MR) is 89.7 cm³/mol. The first-order valence-electron chi connectivity index (χ1n) is 7.68. The summed E-state index contributed by atoms with van der Waals surface area (Å²) in [5, 5.41) is 2.73. The van der Waals surface area contributed by atoms with Crippen molar-refractivity contribution in [2.24, 2.45) is 0 Å². The summed E-state index contributed by atoms with van der Waals surface area (Å²) >= 11 is 0. The molecular weight excluding hydrogens is 306 g/mol. The summed E-state index contributed by atoms with van der Waals surface area (Å²) in [6, 6.07) is 11.0. The molecule has 124 valence electrons. The maximum atomic E-state index is 12.7. The fourth-order valence-corrected chi connectivity index (χ4v) is 2.65. The van der Waals surface area contributed by atoms with E-state index in [9.17, 15) is 9.59 Å². The number of nitrogens with zero attached hydrogens (tertiary/aromatic N) is 2. The van der Waals surface area contributed by atoms with Crippen LogP contribution in [0.2, 0.25) is 0 Å². The van der Waals surface area contributed by atoms with E-state index in [1.165, 1.54) is 11.8 Å². The number of anilines is 1. The second kappa shape index (κ2) is 5.96. The highest BCUT2D eigenvalue weighted by molar-refractivity contribution is 6.16. The van der Waals surface area contributed by atoms with Gasteiger partial charge >= 0.3 is 0 Å². The SMILES string of the molecule is Cc1ccc2c(c1)N(C)C(=O)C(C)(C(=O)NCc1ccccn1)O2. The van der Waals surface area contributed by atoms with Gasteiger partial charge in [-0.05, 0) is 43.7 Å². The molecule has 24 heavy (non-hydrogen) atoms. The first-order valence-corrected chi connectivity index (χ1v) is 7.68. The molecule has 0 saturated carbocycles. The van der Waals surface area contributed by atoms with Gasteiger partial charge in [-0.25, -0.2) is 0 Å². The summed E-state index contributed by atoms with van der Waals surface area (Å²) in [4.78, 5) is 30.9. The number of hydrogen-bond donors (Lipinski definition) is 1. The van der Waals surface area contributed by atoms with Gasteiger partial charge in [-0.2, -0.15) is 0 Å². The monoisotopic (exact) mass is 325 g/mol. The summed E-state index contributed by atoms with van der Waals surface area (Å²) in [5.74, 6) is -0.381. The number of carbonyl (C=O) groups is 2. The second-order valence-electron chi connectivity index (χ2n) is 5.97. The molecule has 1 atom stereocenters. The number of benzene rings is 1. The van der Waals surface area contributed by atoms with Gasteiger partial charge in [0.05, 0.1) is 17.9 Å². The lowest BCUT2D eigenvalue weighted by Crippen LogP contribution is -2.61. The molecule has 0 saturated heterocycles. The third-order valence-corrected chi connectivity index (χ3v) is 4.09. The van der Waals surface area contributed by atoms with Crippen LogP contribution in [-0.4, -0.2) is 29.4 Å². The average molecular weight is 325 g/mol. The Kier molecular flexibility index (Phi) is 3.97. The second-order valence-corrected chi connectivity index (χ2v) is 5.97. The fourth-order valence-electron chi connectivity index (χ4n) is 2.65. The van der Waals surface area contributed by atoms with E-state index in [1.54, 1.807) is 31.4 Å². The van der Waals surface area contributed by atoms with Crippen molar-refractivity contribution in [3.63, 3.8) is 0 Å². The van der Waals surface area contributed by atoms with E-state index in [0.717, 1.165) is 5.56 Å². The Morgan fingerprint density at radius 3 is 2.83 bits per heavy atom. The number of aromatic nitrogens is 1. The van der Waals surface area contributed by atoms with Crippen LogP contribution in [0.15, 0.2) is 42.6 Å². The minimum atomic E-state index is -1.61. The Morgan fingerprint density at radius 2 is 2.12 bits per heavy atom. The molecule has 0 fully saturated rings. The van der Waals surface area contributed by atoms with Crippen LogP contribution in [0.1, 0.15) is 18.2 Å². The van der Waals surface area contributed by atoms with Crippen molar-refractivity contribution in [2.75, 3.05) is 11.9 Å². The highest BCUT2D eigenvalue weighted by Crippen LogP contribution is 2.37. The van der Waals surface area contributed by atoms with E-state index in [-0.39, 0.29) is 6.54 Å². The van der Waals surface area contributed by atoms with Crippen LogP contribution in [0.25, 0.3) is 0 Å². The lowest BCUT2D eigenvalue weighted by molar-refractivity contribution is -0.148. The zero-order valence-electron chi connectivity index (χ0n) is 13.9. The fraction of sp³-hybridized carbons (Fsp3) is 0.278. The van der Waals surface area contributed by atoms with Crippen molar-refractivity contribution < 1.29 is 14.3 Å². The zero-order valence-corrected chi connectivity index (χ0v) is 13.9. The Morgan fingerprint density at radius 1 is 1.33 bits per heavy atom. The molecule has 0 spiro atoms. The van der Waals surface area contributed by atoms with Crippen LogP contribution in [0, 0.1) is 6.92 Å². The summed E-state index contributed by atoms with van der Waals surface area (Å²) in [5.41, 5.74) is 0.781. The lowest BCUT2D eigenvalue weighted by atomic mass is 10.00. The third-order valence-electron chi connectivity index (χ3n) is 4.09. The van der Waals surface area contributed by atoms with Gasteiger partial charge in [-0.1, -0.05) is 12.1 Å². The molecule has 1 aliphatic rings. The van der Waals surface area contributed by atoms with Gasteiger partial charge in [-0.3, -0.25) is 14.6 Å². The number of likely N-dealkylation sites (N-methyl/N-ethyl adjacent to an activating group) is 1. The van der Waals surface area contributed by atoms with Crippen molar-refractivity contribution >= 4 is 17.5 Å². The minimum absolute atomic E-state index is 0.233. The van der Waals surface area contributed by atoms with E-state index in [0.29, 0.717) is 17.1 Å². The maximum absolute atomic E-state index is 12.7. The van der Waals surface area contributed by atoms with Crippen molar-refractivity contribution in [2.45, 2.75) is 26.0 Å². The van der Waals surface area contributed by atoms with E-state index < -0.39 is 17.4 Å². The normalized spacial score (nSPS) is 19.5. The van der Waals surface area contributed by atoms with Gasteiger partial charge in [0.2, 0.25) is 0 Å². The maximum Gasteiger partial charge on any atom is 0.280 e. The van der Waals surface area contributed by atoms with Crippen molar-refractivity contribution in [1.29, 1.82) is 0 Å². The molecule has 1 unspecified atom stereocenters. The third kappa shape index (κ3) is 2.71. The molecule has 0 aliphatic carbocycles. The van der Waals surface area contributed by atoms with Crippen LogP contribution < -0.4 is 15.0 Å². The molecule has 1 N–H and O–H groups in total. The van der Waals surface area contributed by atoms with Crippen molar-refractivity contribution in [3.8, 4) is 5.75 Å². The molecular formula is C18H19N3O3. The summed E-state index contributed by atoms with van der Waals surface area (Å²) in [7, 11) is 1.65. The molecule has 6 heteroatoms. The lowest BCUT2D eigenvalue weighted by Gasteiger charge is -2.38. The number of hydrogen-bond acceptors (Lipinski definition) is 4. The number of fused-ring (bicyclic) bond motifs is 1. The molecule has 2 amide bonds. The van der Waals surface area contributed by atoms with E-state index in [1.807, 2.05) is 25.1 Å². The van der Waals surface area contributed by atoms with Crippen LogP contribution in [-0.2, 0) is 16.1 Å². The topological polar surface area (TPSA) is 71.5 Å². The number of aryl methyl sites for hydroxylation is 1. The van der Waals surface area contributed by atoms with Crippen LogP contribution in [0.3, 0.4) is 0 Å². The van der Waals surface area contributed by atoms with Crippen molar-refractivity contribution in [1.82, 2.24) is 10.3 Å². The Hall–Kier alpha value is -2.89. The average Bonchev–Trinajstić information content (AvgIpc) is 2.59. The standard InChI is InChI=1S/C18H19N3O3/c1-12-7-8-15-14(10-12)21(3)17(23)18(2,24-15)16(22)20-11-13-6-4-5-9-19-13/h4-10H,11H2,1-3H3,(H,20,22). The molecule has 6 nitrogen and oxygen atoms in total. The Bertz CT molecular complexity index is 791. The van der Waals surface area contributed by atoms with Crippen LogP contribution >= 0.6 is 0 Å². The van der Waals surface area contributed by atoms with Crippen molar-refractivity contribution in [3.05, 3.63) is 53.9 Å². The summed E-state index contributed by atoms with van der Waals surface area (Å²) in [6.07, 6.45) is 1.65. The predicted octanol–water partition coefficient (Wildman–Crippen LogP) is 1.82. The van der Waals surface area contributed by atoms with Gasteiger partial charge in [0.1, 0.15) is 5.75 Å². The largest absolute Gasteiger partial charge is 0.466 e. The Balaban J connectivity index is 1.82. The van der Waals surface area contributed by atoms with Gasteiger partial charge in [0.25, 0.3) is 17.4 Å². The van der Waals surface area contributed by atoms with Gasteiger partial charge in [-0.15, -0.1) is 0 Å². The van der Waals surface area contributed by atoms with Crippen LogP contribution in [0.4, 0.5) is 5.69 Å². The highest BCUT2D eigenvalue weighted by Gasteiger charge is 2.49. The summed E-state index contributed by atoms with van der Waals surface area (Å²) in [6.45, 7) is 3.66. The number of pyridine rings is 1. The number of nitrogens with one attached hydrogen (secondary N) is 1. The minimum Gasteiger partial charge on any atom is -0.466 e. The molecule has 2 aromatic rings.